The Balaban J connectivity index is 1.43. The zero-order valence-electron chi connectivity index (χ0n) is 14.4. The van der Waals surface area contributed by atoms with E-state index in [9.17, 15) is 9.59 Å². The summed E-state index contributed by atoms with van der Waals surface area (Å²) in [7, 11) is 0. The number of carbonyl (C=O) groups excluding carboxylic acids is 2. The van der Waals surface area contributed by atoms with Gasteiger partial charge >= 0.3 is 0 Å². The highest BCUT2D eigenvalue weighted by Gasteiger charge is 2.35. The third kappa shape index (κ3) is 3.31. The lowest BCUT2D eigenvalue weighted by Gasteiger charge is -2.11. The molecule has 1 aromatic heterocycles. The molecule has 0 radical (unpaired) electrons. The van der Waals surface area contributed by atoms with Crippen molar-refractivity contribution in [1.29, 1.82) is 0 Å². The maximum absolute atomic E-state index is 12.4. The minimum absolute atomic E-state index is 0.108. The molecule has 136 valence electrons. The van der Waals surface area contributed by atoms with E-state index in [0.717, 1.165) is 23.1 Å². The summed E-state index contributed by atoms with van der Waals surface area (Å²) in [5.41, 5.74) is 1.60. The summed E-state index contributed by atoms with van der Waals surface area (Å²) in [5.74, 6) is 0.615. The number of fused-ring (bicyclic) bond motifs is 1. The molecule has 4 rings (SSSR count). The Bertz CT molecular complexity index is 965. The highest BCUT2D eigenvalue weighted by Crippen LogP contribution is 2.28. The van der Waals surface area contributed by atoms with E-state index >= 15 is 0 Å². The van der Waals surface area contributed by atoms with Gasteiger partial charge in [0.25, 0.3) is 17.0 Å². The average Bonchev–Trinajstić information content (AvgIpc) is 3.26. The normalized spacial score (nSPS) is 13.1. The van der Waals surface area contributed by atoms with Gasteiger partial charge in [-0.2, -0.15) is 0 Å². The van der Waals surface area contributed by atoms with Gasteiger partial charge in [-0.15, -0.1) is 10.2 Å². The van der Waals surface area contributed by atoms with E-state index in [1.807, 2.05) is 31.2 Å². The molecule has 7 nitrogen and oxygen atoms in total. The van der Waals surface area contributed by atoms with Crippen molar-refractivity contribution in [2.45, 2.75) is 12.1 Å². The van der Waals surface area contributed by atoms with Crippen molar-refractivity contribution in [3.8, 4) is 17.2 Å². The lowest BCUT2D eigenvalue weighted by Crippen LogP contribution is -2.29. The molecular weight excluding hydrogens is 366 g/mol. The van der Waals surface area contributed by atoms with Gasteiger partial charge in [-0.1, -0.05) is 12.1 Å². The Morgan fingerprint density at radius 2 is 1.67 bits per heavy atom. The van der Waals surface area contributed by atoms with E-state index in [1.165, 1.54) is 4.90 Å². The number of nitrogens with zero attached hydrogens (tertiary/aromatic N) is 3. The number of carbonyl (C=O) groups is 2. The van der Waals surface area contributed by atoms with Crippen LogP contribution in [0.3, 0.4) is 0 Å². The topological polar surface area (TPSA) is 85.5 Å². The third-order valence-electron chi connectivity index (χ3n) is 4.01. The summed E-state index contributed by atoms with van der Waals surface area (Å²) in [6, 6.07) is 14.1. The lowest BCUT2D eigenvalue weighted by atomic mass is 10.1. The van der Waals surface area contributed by atoms with Crippen LogP contribution in [0.2, 0.25) is 0 Å². The fourth-order valence-corrected chi connectivity index (χ4v) is 3.43. The first-order valence-electron chi connectivity index (χ1n) is 8.32. The second kappa shape index (κ2) is 7.24. The first kappa shape index (κ1) is 17.3. The molecule has 0 N–H and O–H groups in total. The molecule has 0 bridgehead atoms. The van der Waals surface area contributed by atoms with Crippen LogP contribution in [0.5, 0.6) is 5.75 Å². The molecule has 1 aliphatic heterocycles. The van der Waals surface area contributed by atoms with E-state index in [2.05, 4.69) is 10.2 Å². The first-order chi connectivity index (χ1) is 13.2. The number of hydrogen-bond donors (Lipinski definition) is 0. The van der Waals surface area contributed by atoms with Crippen LogP contribution in [0, 0.1) is 0 Å². The Labute approximate surface area is 159 Å². The zero-order chi connectivity index (χ0) is 18.8. The van der Waals surface area contributed by atoms with E-state index in [0.29, 0.717) is 23.6 Å². The monoisotopic (exact) mass is 381 g/mol. The standard InChI is InChI=1S/C19H15N3O4S/c1-2-25-13-9-7-12(8-10-13)16-20-21-19(26-16)27-11-22-17(23)14-5-3-4-6-15(14)18(22)24/h3-10H,2,11H2,1H3. The maximum Gasteiger partial charge on any atom is 0.278 e. The fraction of sp³-hybridized carbons (Fsp3) is 0.158. The molecule has 8 heteroatoms. The van der Waals surface area contributed by atoms with Gasteiger partial charge in [0.15, 0.2) is 0 Å². The highest BCUT2D eigenvalue weighted by molar-refractivity contribution is 7.99. The number of ether oxygens (including phenoxy) is 1. The predicted octanol–water partition coefficient (Wildman–Crippen LogP) is 3.48. The number of thioether (sulfide) groups is 1. The molecule has 2 aromatic carbocycles. The van der Waals surface area contributed by atoms with Crippen LogP contribution in [-0.2, 0) is 0 Å². The Morgan fingerprint density at radius 3 is 2.30 bits per heavy atom. The van der Waals surface area contributed by atoms with Gasteiger partial charge in [0.1, 0.15) is 5.75 Å². The van der Waals surface area contributed by atoms with Gasteiger partial charge in [-0.3, -0.25) is 14.5 Å². The van der Waals surface area contributed by atoms with E-state index < -0.39 is 0 Å². The van der Waals surface area contributed by atoms with Crippen molar-refractivity contribution in [2.75, 3.05) is 12.5 Å². The summed E-state index contributed by atoms with van der Waals surface area (Å²) in [4.78, 5) is 25.9. The summed E-state index contributed by atoms with van der Waals surface area (Å²) >= 11 is 1.14. The second-order valence-corrected chi connectivity index (χ2v) is 6.58. The molecule has 0 spiro atoms. The number of imide groups is 1. The smallest absolute Gasteiger partial charge is 0.278 e. The van der Waals surface area contributed by atoms with Gasteiger partial charge in [-0.05, 0) is 55.1 Å². The number of amides is 2. The minimum atomic E-state index is -0.311. The molecule has 1 aliphatic rings. The SMILES string of the molecule is CCOc1ccc(-c2nnc(SCN3C(=O)c4ccccc4C3=O)o2)cc1. The Morgan fingerprint density at radius 1 is 1.00 bits per heavy atom. The highest BCUT2D eigenvalue weighted by atomic mass is 32.2. The van der Waals surface area contributed by atoms with Crippen molar-refractivity contribution in [1.82, 2.24) is 15.1 Å². The molecule has 0 fully saturated rings. The van der Waals surface area contributed by atoms with Crippen LogP contribution in [-0.4, -0.2) is 39.4 Å². The minimum Gasteiger partial charge on any atom is -0.494 e. The summed E-state index contributed by atoms with van der Waals surface area (Å²) in [6.45, 7) is 2.52. The Hall–Kier alpha value is -3.13. The lowest BCUT2D eigenvalue weighted by molar-refractivity contribution is 0.0684. The van der Waals surface area contributed by atoms with Crippen molar-refractivity contribution < 1.29 is 18.7 Å². The van der Waals surface area contributed by atoms with Crippen LogP contribution in [0.1, 0.15) is 27.6 Å². The fourth-order valence-electron chi connectivity index (χ4n) is 2.72. The van der Waals surface area contributed by atoms with Crippen molar-refractivity contribution in [3.63, 3.8) is 0 Å². The molecule has 27 heavy (non-hydrogen) atoms. The molecule has 2 amide bonds. The number of rotatable bonds is 6. The van der Waals surface area contributed by atoms with Crippen molar-refractivity contribution in [3.05, 3.63) is 59.7 Å². The van der Waals surface area contributed by atoms with Crippen LogP contribution < -0.4 is 4.74 Å². The molecule has 0 atom stereocenters. The maximum atomic E-state index is 12.4. The average molecular weight is 381 g/mol. The van der Waals surface area contributed by atoms with Gasteiger partial charge in [-0.25, -0.2) is 0 Å². The van der Waals surface area contributed by atoms with Crippen molar-refractivity contribution in [2.24, 2.45) is 0 Å². The van der Waals surface area contributed by atoms with E-state index in [1.54, 1.807) is 24.3 Å². The van der Waals surface area contributed by atoms with Crippen molar-refractivity contribution >= 4 is 23.6 Å². The number of hydrogen-bond acceptors (Lipinski definition) is 7. The van der Waals surface area contributed by atoms with Gasteiger partial charge < -0.3 is 9.15 Å². The van der Waals surface area contributed by atoms with Gasteiger partial charge in [0.2, 0.25) is 5.89 Å². The van der Waals surface area contributed by atoms with E-state index in [-0.39, 0.29) is 22.9 Å². The molecule has 0 aliphatic carbocycles. The second-order valence-electron chi connectivity index (χ2n) is 5.69. The number of benzene rings is 2. The van der Waals surface area contributed by atoms with Crippen LogP contribution in [0.25, 0.3) is 11.5 Å². The van der Waals surface area contributed by atoms with Crippen LogP contribution >= 0.6 is 11.8 Å². The third-order valence-corrected chi connectivity index (χ3v) is 4.81. The first-order valence-corrected chi connectivity index (χ1v) is 9.30. The predicted molar refractivity (Wildman–Crippen MR) is 98.6 cm³/mol. The number of aromatic nitrogens is 2. The summed E-state index contributed by atoms with van der Waals surface area (Å²) in [6.07, 6.45) is 0. The van der Waals surface area contributed by atoms with Gasteiger partial charge in [0, 0.05) is 5.56 Å². The van der Waals surface area contributed by atoms with E-state index in [4.69, 9.17) is 9.15 Å². The summed E-state index contributed by atoms with van der Waals surface area (Å²) < 4.78 is 11.0. The summed E-state index contributed by atoms with van der Waals surface area (Å²) in [5, 5.41) is 8.28. The zero-order valence-corrected chi connectivity index (χ0v) is 15.2. The van der Waals surface area contributed by atoms with Gasteiger partial charge in [0.05, 0.1) is 23.6 Å². The van der Waals surface area contributed by atoms with Crippen LogP contribution in [0.4, 0.5) is 0 Å². The molecule has 3 aromatic rings. The molecule has 0 saturated carbocycles. The molecular formula is C19H15N3O4S. The van der Waals surface area contributed by atoms with Crippen LogP contribution in [0.15, 0.2) is 58.2 Å². The molecule has 0 unspecified atom stereocenters. The largest absolute Gasteiger partial charge is 0.494 e. The molecule has 0 saturated heterocycles. The quantitative estimate of drug-likeness (QED) is 0.477. The Kier molecular flexibility index (Phi) is 4.64. The molecule has 2 heterocycles.